The highest BCUT2D eigenvalue weighted by Crippen LogP contribution is 2.39. The van der Waals surface area contributed by atoms with Gasteiger partial charge in [-0.1, -0.05) is 24.3 Å². The molecule has 0 aromatic heterocycles. The Kier molecular flexibility index (Phi) is 16.2. The molecule has 3 rings (SSSR count). The van der Waals surface area contributed by atoms with Gasteiger partial charge in [0.25, 0.3) is 11.8 Å². The van der Waals surface area contributed by atoms with Crippen molar-refractivity contribution in [1.82, 2.24) is 31.9 Å². The Hall–Kier alpha value is -6.72. The minimum Gasteiger partial charge on any atom is -0.493 e. The lowest BCUT2D eigenvalue weighted by Crippen LogP contribution is -2.42. The molecule has 0 unspecified atom stereocenters. The van der Waals surface area contributed by atoms with Crippen molar-refractivity contribution < 1.29 is 57.2 Å². The van der Waals surface area contributed by atoms with Gasteiger partial charge in [-0.05, 0) is 35.4 Å². The van der Waals surface area contributed by atoms with Gasteiger partial charge in [0.15, 0.2) is 23.0 Å². The third-order valence-electron chi connectivity index (χ3n) is 7.54. The first-order valence-corrected chi connectivity index (χ1v) is 16.3. The Morgan fingerprint density at radius 1 is 0.426 bits per heavy atom. The SMILES string of the molecule is COc1cc(C(=O)NCC(=O)NCC(=O)NCc2cccc(CNC(=O)CNC(=O)CNC(=O)c3cc(OC)c(OC)c(OC)c3)c2)cc(OC)c1OC. The minimum atomic E-state index is -0.583. The van der Waals surface area contributed by atoms with E-state index in [1.54, 1.807) is 24.3 Å². The molecule has 0 spiro atoms. The molecule has 0 radical (unpaired) electrons. The lowest BCUT2D eigenvalue weighted by atomic mass is 10.1. The van der Waals surface area contributed by atoms with Crippen molar-refractivity contribution in [2.75, 3.05) is 68.8 Å². The zero-order chi connectivity index (χ0) is 39.6. The molecular formula is C36H44N6O12. The van der Waals surface area contributed by atoms with Gasteiger partial charge in [-0.15, -0.1) is 0 Å². The maximum absolute atomic E-state index is 12.6. The van der Waals surface area contributed by atoms with Crippen LogP contribution in [0.25, 0.3) is 0 Å². The Balaban J connectivity index is 1.35. The molecule has 0 atom stereocenters. The van der Waals surface area contributed by atoms with Gasteiger partial charge in [0.05, 0.1) is 68.8 Å². The van der Waals surface area contributed by atoms with Crippen LogP contribution in [-0.2, 0) is 32.3 Å². The zero-order valence-electron chi connectivity index (χ0n) is 30.8. The average molecular weight is 753 g/mol. The van der Waals surface area contributed by atoms with Gasteiger partial charge in [-0.25, -0.2) is 0 Å². The summed E-state index contributed by atoms with van der Waals surface area (Å²) in [6.45, 7) is -1.12. The van der Waals surface area contributed by atoms with E-state index < -0.39 is 35.4 Å². The second-order valence-electron chi connectivity index (χ2n) is 11.1. The summed E-state index contributed by atoms with van der Waals surface area (Å²) in [7, 11) is 8.52. The van der Waals surface area contributed by atoms with E-state index in [0.717, 1.165) is 11.1 Å². The van der Waals surface area contributed by atoms with Crippen molar-refractivity contribution in [2.24, 2.45) is 0 Å². The van der Waals surface area contributed by atoms with Crippen LogP contribution in [0.2, 0.25) is 0 Å². The molecule has 0 aliphatic heterocycles. The normalized spacial score (nSPS) is 10.2. The van der Waals surface area contributed by atoms with Crippen LogP contribution in [0.15, 0.2) is 48.5 Å². The van der Waals surface area contributed by atoms with Crippen LogP contribution in [0.4, 0.5) is 0 Å². The number of ether oxygens (including phenoxy) is 6. The number of nitrogens with one attached hydrogen (secondary N) is 6. The summed E-state index contributed by atoms with van der Waals surface area (Å²) in [6.07, 6.45) is 0. The molecule has 0 bridgehead atoms. The quantitative estimate of drug-likeness (QED) is 0.0901. The Labute approximate surface area is 311 Å². The molecule has 54 heavy (non-hydrogen) atoms. The van der Waals surface area contributed by atoms with Crippen LogP contribution in [0.3, 0.4) is 0 Å². The Morgan fingerprint density at radius 3 is 1.06 bits per heavy atom. The third kappa shape index (κ3) is 12.2. The summed E-state index contributed by atoms with van der Waals surface area (Å²) in [5.74, 6) is -1.50. The average Bonchev–Trinajstić information content (AvgIpc) is 3.20. The molecule has 0 fully saturated rings. The van der Waals surface area contributed by atoms with Crippen molar-refractivity contribution in [1.29, 1.82) is 0 Å². The molecule has 0 saturated carbocycles. The van der Waals surface area contributed by atoms with Gasteiger partial charge in [0.2, 0.25) is 35.1 Å². The van der Waals surface area contributed by atoms with Crippen LogP contribution in [0.1, 0.15) is 31.8 Å². The highest BCUT2D eigenvalue weighted by Gasteiger charge is 2.19. The van der Waals surface area contributed by atoms with E-state index in [2.05, 4.69) is 31.9 Å². The third-order valence-corrected chi connectivity index (χ3v) is 7.54. The Bertz CT molecular complexity index is 1660. The second kappa shape index (κ2) is 21.0. The van der Waals surface area contributed by atoms with Gasteiger partial charge in [-0.2, -0.15) is 0 Å². The summed E-state index contributed by atoms with van der Waals surface area (Å²) in [6, 6.07) is 12.8. The predicted octanol–water partition coefficient (Wildman–Crippen LogP) is 0.0630. The fraction of sp³-hybridized carbons (Fsp3) is 0.333. The summed E-state index contributed by atoms with van der Waals surface area (Å²) in [4.78, 5) is 74.5. The number of hydrogen-bond acceptors (Lipinski definition) is 12. The number of rotatable bonds is 20. The molecule has 6 N–H and O–H groups in total. The van der Waals surface area contributed by atoms with Crippen molar-refractivity contribution in [3.8, 4) is 34.5 Å². The van der Waals surface area contributed by atoms with Crippen LogP contribution in [0, 0.1) is 0 Å². The zero-order valence-corrected chi connectivity index (χ0v) is 30.8. The molecule has 18 heteroatoms. The highest BCUT2D eigenvalue weighted by atomic mass is 16.5. The molecule has 6 amide bonds. The standard InChI is InChI=1S/C36H44N6O12/c1-49-25-11-23(12-26(50-2)33(25)53-5)35(47)41-19-31(45)39-17-29(43)37-15-21-8-7-9-22(10-21)16-38-30(44)18-40-32(46)20-42-36(48)24-13-27(51-3)34(54-6)28(14-24)52-4/h7-14H,15-20H2,1-6H3,(H,37,43)(H,38,44)(H,39,45)(H,40,46)(H,41,47)(H,42,48). The largest absolute Gasteiger partial charge is 0.493 e. The van der Waals surface area contributed by atoms with Crippen molar-refractivity contribution >= 4 is 35.4 Å². The van der Waals surface area contributed by atoms with Crippen LogP contribution >= 0.6 is 0 Å². The van der Waals surface area contributed by atoms with E-state index >= 15 is 0 Å². The van der Waals surface area contributed by atoms with Crippen molar-refractivity contribution in [2.45, 2.75) is 13.1 Å². The number of amides is 6. The lowest BCUT2D eigenvalue weighted by molar-refractivity contribution is -0.125. The van der Waals surface area contributed by atoms with Gasteiger partial charge in [0, 0.05) is 24.2 Å². The summed E-state index contributed by atoms with van der Waals surface area (Å²) in [5, 5.41) is 15.2. The molecule has 3 aromatic carbocycles. The van der Waals surface area contributed by atoms with Gasteiger partial charge >= 0.3 is 0 Å². The number of carbonyl (C=O) groups excluding carboxylic acids is 6. The van der Waals surface area contributed by atoms with E-state index in [9.17, 15) is 28.8 Å². The van der Waals surface area contributed by atoms with Crippen LogP contribution < -0.4 is 60.3 Å². The molecule has 18 nitrogen and oxygen atoms in total. The lowest BCUT2D eigenvalue weighted by Gasteiger charge is -2.14. The van der Waals surface area contributed by atoms with E-state index in [1.807, 2.05) is 0 Å². The molecule has 3 aromatic rings. The maximum Gasteiger partial charge on any atom is 0.251 e. The van der Waals surface area contributed by atoms with Crippen LogP contribution in [0.5, 0.6) is 34.5 Å². The number of benzene rings is 3. The van der Waals surface area contributed by atoms with Crippen LogP contribution in [-0.4, -0.2) is 104 Å². The molecule has 0 saturated heterocycles. The maximum atomic E-state index is 12.6. The number of methoxy groups -OCH3 is 6. The summed E-state index contributed by atoms with van der Waals surface area (Å²) < 4.78 is 31.4. The van der Waals surface area contributed by atoms with Crippen molar-refractivity contribution in [3.05, 3.63) is 70.8 Å². The number of carbonyl (C=O) groups is 6. The topological polar surface area (TPSA) is 230 Å². The van der Waals surface area contributed by atoms with Gasteiger partial charge in [0.1, 0.15) is 0 Å². The van der Waals surface area contributed by atoms with E-state index in [-0.39, 0.29) is 73.4 Å². The molecular weight excluding hydrogens is 708 g/mol. The molecule has 290 valence electrons. The first-order chi connectivity index (χ1) is 26.0. The van der Waals surface area contributed by atoms with Crippen molar-refractivity contribution in [3.63, 3.8) is 0 Å². The number of hydrogen-bond donors (Lipinski definition) is 6. The van der Waals surface area contributed by atoms with E-state index in [1.165, 1.54) is 66.9 Å². The van der Waals surface area contributed by atoms with E-state index in [0.29, 0.717) is 11.5 Å². The van der Waals surface area contributed by atoms with Gasteiger partial charge < -0.3 is 60.3 Å². The van der Waals surface area contributed by atoms with E-state index in [4.69, 9.17) is 28.4 Å². The summed E-state index contributed by atoms with van der Waals surface area (Å²) >= 11 is 0. The minimum absolute atomic E-state index is 0.145. The molecule has 0 aliphatic rings. The highest BCUT2D eigenvalue weighted by molar-refractivity contribution is 5.99. The first kappa shape index (κ1) is 41.7. The Morgan fingerprint density at radius 2 is 0.741 bits per heavy atom. The molecule has 0 heterocycles. The summed E-state index contributed by atoms with van der Waals surface area (Å²) in [5.41, 5.74) is 1.82. The fourth-order valence-corrected chi connectivity index (χ4v) is 4.81. The predicted molar refractivity (Wildman–Crippen MR) is 193 cm³/mol. The smallest absolute Gasteiger partial charge is 0.251 e. The second-order valence-corrected chi connectivity index (χ2v) is 11.1. The van der Waals surface area contributed by atoms with Gasteiger partial charge in [-0.3, -0.25) is 28.8 Å². The first-order valence-electron chi connectivity index (χ1n) is 16.3. The monoisotopic (exact) mass is 752 g/mol. The molecule has 0 aliphatic carbocycles. The fourth-order valence-electron chi connectivity index (χ4n) is 4.81.